The molecule has 0 amide bonds. The van der Waals surface area contributed by atoms with Gasteiger partial charge in [0.1, 0.15) is 11.6 Å². The Kier molecular flexibility index (Phi) is 5.82. The van der Waals surface area contributed by atoms with E-state index in [9.17, 15) is 18.0 Å². The van der Waals surface area contributed by atoms with E-state index in [1.807, 2.05) is 27.7 Å². The van der Waals surface area contributed by atoms with Crippen molar-refractivity contribution < 1.29 is 21.6 Å². The predicted molar refractivity (Wildman–Crippen MR) is 102 cm³/mol. The highest BCUT2D eigenvalue weighted by atomic mass is 32.3. The highest BCUT2D eigenvalue weighted by Gasteiger charge is 2.65. The summed E-state index contributed by atoms with van der Waals surface area (Å²) in [5.74, 6) is 1.37. The fourth-order valence-corrected chi connectivity index (χ4v) is 10.4. The highest BCUT2D eigenvalue weighted by molar-refractivity contribution is 8.33. The van der Waals surface area contributed by atoms with E-state index < -0.39 is 25.8 Å². The van der Waals surface area contributed by atoms with Gasteiger partial charge in [-0.1, -0.05) is 34.6 Å². The number of hydrogen-bond acceptors (Lipinski definition) is 5. The van der Waals surface area contributed by atoms with Gasteiger partial charge in [0.2, 0.25) is 0 Å². The first-order valence-electron chi connectivity index (χ1n) is 9.22. The van der Waals surface area contributed by atoms with Crippen molar-refractivity contribution in [3.8, 4) is 0 Å². The van der Waals surface area contributed by atoms with Gasteiger partial charge >= 0.3 is 0 Å². The fraction of sp³-hybridized carbons (Fsp3) is 0.889. The molecule has 7 heteroatoms. The predicted octanol–water partition coefficient (Wildman–Crippen LogP) is 3.47. The second kappa shape index (κ2) is 6.97. The number of Topliss-reactive ketones (excluding diaryl/α,β-unsaturated/α-hetero) is 2. The van der Waals surface area contributed by atoms with E-state index in [1.54, 1.807) is 6.92 Å². The van der Waals surface area contributed by atoms with E-state index in [2.05, 4.69) is 0 Å². The molecular weight excluding hydrogens is 360 g/mol. The van der Waals surface area contributed by atoms with Crippen molar-refractivity contribution in [3.63, 3.8) is 0 Å². The Morgan fingerprint density at radius 1 is 1.20 bits per heavy atom. The van der Waals surface area contributed by atoms with Crippen molar-refractivity contribution in [2.75, 3.05) is 23.0 Å². The Balaban J connectivity index is 2.26. The quantitative estimate of drug-likeness (QED) is 0.600. The number of carbonyl (C=O) groups is 2. The molecule has 0 spiro atoms. The van der Waals surface area contributed by atoms with Gasteiger partial charge in [-0.2, -0.15) is 8.42 Å². The molecule has 25 heavy (non-hydrogen) atoms. The molecule has 2 atom stereocenters. The fourth-order valence-electron chi connectivity index (χ4n) is 4.58. The van der Waals surface area contributed by atoms with Gasteiger partial charge in [-0.3, -0.25) is 9.59 Å². The summed E-state index contributed by atoms with van der Waals surface area (Å²) in [5.41, 5.74) is -1.13. The lowest BCUT2D eigenvalue weighted by atomic mass is 9.70. The molecule has 5 nitrogen and oxygen atoms in total. The molecule has 0 aromatic rings. The molecule has 0 N–H and O–H groups in total. The van der Waals surface area contributed by atoms with E-state index in [-0.39, 0.29) is 34.4 Å². The molecule has 2 aliphatic rings. The van der Waals surface area contributed by atoms with Crippen LogP contribution in [-0.4, -0.2) is 43.0 Å². The Morgan fingerprint density at radius 2 is 1.80 bits per heavy atom. The van der Waals surface area contributed by atoms with Crippen molar-refractivity contribution in [2.24, 2.45) is 16.7 Å². The zero-order chi connectivity index (χ0) is 19.1. The normalized spacial score (nSPS) is 29.2. The Morgan fingerprint density at radius 3 is 2.20 bits per heavy atom. The minimum atomic E-state index is -3.88. The van der Waals surface area contributed by atoms with Crippen LogP contribution in [0.25, 0.3) is 0 Å². The van der Waals surface area contributed by atoms with Crippen molar-refractivity contribution in [3.05, 3.63) is 0 Å². The molecule has 146 valence electrons. The van der Waals surface area contributed by atoms with Crippen molar-refractivity contribution in [1.82, 2.24) is 0 Å². The number of ketones is 2. The first-order chi connectivity index (χ1) is 11.5. The zero-order valence-electron chi connectivity index (χ0n) is 16.1. The van der Waals surface area contributed by atoms with E-state index in [0.717, 1.165) is 6.42 Å². The van der Waals surface area contributed by atoms with Gasteiger partial charge in [-0.25, -0.2) is 3.63 Å². The van der Waals surface area contributed by atoms with Gasteiger partial charge in [0.15, 0.2) is 0 Å². The Labute approximate surface area is 153 Å². The van der Waals surface area contributed by atoms with Crippen molar-refractivity contribution in [2.45, 2.75) is 60.3 Å². The van der Waals surface area contributed by atoms with Crippen LogP contribution in [-0.2, 0) is 23.3 Å². The molecule has 0 saturated heterocycles. The van der Waals surface area contributed by atoms with Crippen LogP contribution in [0.15, 0.2) is 0 Å². The molecule has 2 bridgehead atoms. The molecule has 0 aromatic heterocycles. The highest BCUT2D eigenvalue weighted by Crippen LogP contribution is 2.64. The standard InChI is InChI=1S/C18H32O5S2/c1-6-15(19)12-24(7-2,8-3)23-25(21,22)13-18-10-9-14(11-16(18)20)17(18,4)5/h14H,6-13H2,1-5H3. The monoisotopic (exact) mass is 392 g/mol. The lowest BCUT2D eigenvalue weighted by molar-refractivity contribution is -0.128. The van der Waals surface area contributed by atoms with Crippen LogP contribution in [0.2, 0.25) is 0 Å². The molecule has 2 fully saturated rings. The molecular formula is C18H32O5S2. The first kappa shape index (κ1) is 20.9. The summed E-state index contributed by atoms with van der Waals surface area (Å²) < 4.78 is 31.6. The van der Waals surface area contributed by atoms with Crippen LogP contribution in [0, 0.1) is 16.7 Å². The molecule has 0 radical (unpaired) electrons. The van der Waals surface area contributed by atoms with Crippen LogP contribution in [0.3, 0.4) is 0 Å². The van der Waals surface area contributed by atoms with Gasteiger partial charge in [0.05, 0.1) is 16.9 Å². The van der Waals surface area contributed by atoms with Crippen molar-refractivity contribution >= 4 is 32.0 Å². The number of carbonyl (C=O) groups excluding carboxylic acids is 2. The SMILES string of the molecule is CCC(=O)CS(CC)(CC)OS(=O)(=O)CC12CCC(CC1=O)C2(C)C. The third kappa shape index (κ3) is 3.56. The minimum Gasteiger partial charge on any atom is -0.299 e. The third-order valence-electron chi connectivity index (χ3n) is 6.68. The van der Waals surface area contributed by atoms with Crippen LogP contribution < -0.4 is 0 Å². The number of hydrogen-bond donors (Lipinski definition) is 0. The van der Waals surface area contributed by atoms with Crippen LogP contribution in [0.1, 0.15) is 60.3 Å². The van der Waals surface area contributed by atoms with E-state index >= 15 is 0 Å². The summed E-state index contributed by atoms with van der Waals surface area (Å²) in [4.78, 5) is 24.6. The maximum absolute atomic E-state index is 12.9. The molecule has 0 aliphatic heterocycles. The second-order valence-electron chi connectivity index (χ2n) is 8.02. The lowest BCUT2D eigenvalue weighted by Crippen LogP contribution is -2.43. The molecule has 0 heterocycles. The summed E-state index contributed by atoms with van der Waals surface area (Å²) >= 11 is 0. The lowest BCUT2D eigenvalue weighted by Gasteiger charge is -2.39. The largest absolute Gasteiger partial charge is 0.299 e. The van der Waals surface area contributed by atoms with Gasteiger partial charge < -0.3 is 0 Å². The van der Waals surface area contributed by atoms with Gasteiger partial charge in [-0.15, -0.1) is 10.3 Å². The van der Waals surface area contributed by atoms with Crippen molar-refractivity contribution in [1.29, 1.82) is 0 Å². The number of rotatable bonds is 9. The molecule has 2 rings (SSSR count). The van der Waals surface area contributed by atoms with Gasteiger partial charge in [0.25, 0.3) is 10.1 Å². The average Bonchev–Trinajstić information content (AvgIpc) is 2.87. The maximum atomic E-state index is 12.9. The Bertz CT molecular complexity index is 648. The smallest absolute Gasteiger partial charge is 0.277 e. The second-order valence-corrected chi connectivity index (χ2v) is 13.3. The Hall–Kier alpha value is -0.400. The zero-order valence-corrected chi connectivity index (χ0v) is 17.7. The van der Waals surface area contributed by atoms with E-state index in [1.165, 1.54) is 0 Å². The van der Waals surface area contributed by atoms with Gasteiger partial charge in [-0.05, 0) is 35.7 Å². The van der Waals surface area contributed by atoms with Crippen LogP contribution in [0.4, 0.5) is 0 Å². The third-order valence-corrected chi connectivity index (χ3v) is 12.5. The summed E-state index contributed by atoms with van der Waals surface area (Å²) in [6.45, 7) is 9.58. The summed E-state index contributed by atoms with van der Waals surface area (Å²) in [6.07, 6.45) is 2.40. The summed E-state index contributed by atoms with van der Waals surface area (Å²) in [7, 11) is -5.89. The molecule has 2 saturated carbocycles. The minimum absolute atomic E-state index is 0.0327. The van der Waals surface area contributed by atoms with Crippen LogP contribution >= 0.6 is 10.3 Å². The maximum Gasteiger partial charge on any atom is 0.277 e. The topological polar surface area (TPSA) is 77.5 Å². The van der Waals surface area contributed by atoms with Gasteiger partial charge in [0, 0.05) is 12.8 Å². The van der Waals surface area contributed by atoms with Crippen LogP contribution in [0.5, 0.6) is 0 Å². The average molecular weight is 393 g/mol. The van der Waals surface area contributed by atoms with E-state index in [0.29, 0.717) is 30.8 Å². The number of fused-ring (bicyclic) bond motifs is 2. The molecule has 0 aromatic carbocycles. The molecule has 2 aliphatic carbocycles. The molecule has 2 unspecified atom stereocenters. The van der Waals surface area contributed by atoms with E-state index in [4.69, 9.17) is 3.63 Å². The first-order valence-corrected chi connectivity index (χ1v) is 12.9. The summed E-state index contributed by atoms with van der Waals surface area (Å²) in [6, 6.07) is 0. The summed E-state index contributed by atoms with van der Waals surface area (Å²) in [5, 5.41) is 0.